The molecule has 2 saturated carbocycles. The average molecular weight is 218 g/mol. The quantitative estimate of drug-likeness (QED) is 0.809. The molecule has 16 heavy (non-hydrogen) atoms. The fraction of sp³-hybridized carbons (Fsp3) is 0.667. The molecule has 0 atom stereocenters. The van der Waals surface area contributed by atoms with Crippen LogP contribution in [-0.4, -0.2) is 29.1 Å². The second kappa shape index (κ2) is 4.01. The van der Waals surface area contributed by atoms with Crippen LogP contribution in [0.4, 0.5) is 5.95 Å². The van der Waals surface area contributed by atoms with Crippen molar-refractivity contribution in [3.8, 4) is 0 Å². The van der Waals surface area contributed by atoms with Crippen LogP contribution in [0, 0.1) is 0 Å². The summed E-state index contributed by atoms with van der Waals surface area (Å²) in [5.74, 6) is 1.58. The van der Waals surface area contributed by atoms with Gasteiger partial charge in [-0.15, -0.1) is 0 Å². The van der Waals surface area contributed by atoms with Gasteiger partial charge in [0.15, 0.2) is 0 Å². The van der Waals surface area contributed by atoms with E-state index in [-0.39, 0.29) is 0 Å². The van der Waals surface area contributed by atoms with Gasteiger partial charge in [0.2, 0.25) is 5.95 Å². The molecule has 0 radical (unpaired) electrons. The summed E-state index contributed by atoms with van der Waals surface area (Å²) in [6, 6.07) is 2.69. The first kappa shape index (κ1) is 10.0. The molecule has 0 amide bonds. The summed E-state index contributed by atoms with van der Waals surface area (Å²) in [4.78, 5) is 11.3. The van der Waals surface area contributed by atoms with Gasteiger partial charge in [0.25, 0.3) is 0 Å². The average Bonchev–Trinajstić information content (AvgIpc) is 3.19. The predicted octanol–water partition coefficient (Wildman–Crippen LogP) is 1.28. The van der Waals surface area contributed by atoms with Crippen molar-refractivity contribution in [3.63, 3.8) is 0 Å². The van der Waals surface area contributed by atoms with Gasteiger partial charge in [0, 0.05) is 36.9 Å². The van der Waals surface area contributed by atoms with E-state index >= 15 is 0 Å². The monoisotopic (exact) mass is 218 g/mol. The number of nitrogens with two attached hydrogens (primary N) is 1. The summed E-state index contributed by atoms with van der Waals surface area (Å²) >= 11 is 0. The zero-order valence-corrected chi connectivity index (χ0v) is 9.47. The van der Waals surface area contributed by atoms with Gasteiger partial charge in [-0.25, -0.2) is 9.97 Å². The van der Waals surface area contributed by atoms with Crippen LogP contribution in [0.25, 0.3) is 0 Å². The Kier molecular flexibility index (Phi) is 2.52. The number of anilines is 1. The Morgan fingerprint density at radius 2 is 2.12 bits per heavy atom. The van der Waals surface area contributed by atoms with Gasteiger partial charge in [-0.05, 0) is 31.7 Å². The fourth-order valence-corrected chi connectivity index (χ4v) is 2.08. The minimum atomic E-state index is 0.637. The lowest BCUT2D eigenvalue weighted by Gasteiger charge is -2.21. The number of hydrogen-bond donors (Lipinski definition) is 1. The van der Waals surface area contributed by atoms with Crippen molar-refractivity contribution in [3.05, 3.63) is 18.0 Å². The fourth-order valence-electron chi connectivity index (χ4n) is 2.08. The lowest BCUT2D eigenvalue weighted by molar-refractivity contribution is 0.747. The van der Waals surface area contributed by atoms with Crippen molar-refractivity contribution < 1.29 is 0 Å². The molecule has 4 heteroatoms. The van der Waals surface area contributed by atoms with Crippen LogP contribution in [0.3, 0.4) is 0 Å². The summed E-state index contributed by atoms with van der Waals surface area (Å²) in [6.07, 6.45) is 6.99. The Hall–Kier alpha value is -1.16. The summed E-state index contributed by atoms with van der Waals surface area (Å²) in [7, 11) is 0. The van der Waals surface area contributed by atoms with Gasteiger partial charge >= 0.3 is 0 Å². The Bertz CT molecular complexity index is 371. The maximum atomic E-state index is 5.65. The maximum Gasteiger partial charge on any atom is 0.225 e. The zero-order chi connectivity index (χ0) is 11.0. The van der Waals surface area contributed by atoms with E-state index in [2.05, 4.69) is 20.9 Å². The summed E-state index contributed by atoms with van der Waals surface area (Å²) in [5, 5.41) is 0. The normalized spacial score (nSPS) is 19.8. The minimum absolute atomic E-state index is 0.637. The molecular weight excluding hydrogens is 200 g/mol. The molecule has 2 aliphatic carbocycles. The van der Waals surface area contributed by atoms with E-state index in [1.54, 1.807) is 0 Å². The topological polar surface area (TPSA) is 55.0 Å². The van der Waals surface area contributed by atoms with Gasteiger partial charge in [-0.2, -0.15) is 0 Å². The van der Waals surface area contributed by atoms with Crippen molar-refractivity contribution in [1.29, 1.82) is 0 Å². The van der Waals surface area contributed by atoms with E-state index in [1.165, 1.54) is 31.4 Å². The molecule has 0 aromatic carbocycles. The van der Waals surface area contributed by atoms with Gasteiger partial charge in [-0.3, -0.25) is 0 Å². The molecule has 3 rings (SSSR count). The second-order valence-electron chi connectivity index (χ2n) is 4.77. The molecule has 2 N–H and O–H groups in total. The Morgan fingerprint density at radius 1 is 1.31 bits per heavy atom. The SMILES string of the molecule is NCCN(c1nccc(C2CC2)n1)C1CC1. The van der Waals surface area contributed by atoms with E-state index in [4.69, 9.17) is 5.73 Å². The molecule has 0 bridgehead atoms. The number of aromatic nitrogens is 2. The van der Waals surface area contributed by atoms with Crippen LogP contribution < -0.4 is 10.6 Å². The molecule has 1 heterocycles. The summed E-state index contributed by atoms with van der Waals surface area (Å²) < 4.78 is 0. The highest BCUT2D eigenvalue weighted by molar-refractivity contribution is 5.35. The maximum absolute atomic E-state index is 5.65. The molecule has 2 aliphatic rings. The second-order valence-corrected chi connectivity index (χ2v) is 4.77. The van der Waals surface area contributed by atoms with E-state index in [0.717, 1.165) is 12.5 Å². The lowest BCUT2D eigenvalue weighted by Crippen LogP contribution is -2.33. The summed E-state index contributed by atoms with van der Waals surface area (Å²) in [6.45, 7) is 1.55. The van der Waals surface area contributed by atoms with E-state index in [9.17, 15) is 0 Å². The standard InChI is InChI=1S/C12H18N4/c13-6-8-16(10-3-4-10)12-14-7-5-11(15-12)9-1-2-9/h5,7,9-10H,1-4,6,8,13H2. The number of nitrogens with zero attached hydrogens (tertiary/aromatic N) is 3. The smallest absolute Gasteiger partial charge is 0.225 e. The lowest BCUT2D eigenvalue weighted by atomic mass is 10.3. The van der Waals surface area contributed by atoms with Crippen molar-refractivity contribution in [2.45, 2.75) is 37.6 Å². The van der Waals surface area contributed by atoms with Gasteiger partial charge in [-0.1, -0.05) is 0 Å². The Labute approximate surface area is 95.9 Å². The van der Waals surface area contributed by atoms with Crippen LogP contribution in [-0.2, 0) is 0 Å². The molecule has 0 aliphatic heterocycles. The molecule has 1 aromatic rings. The van der Waals surface area contributed by atoms with Gasteiger partial charge in [0.1, 0.15) is 0 Å². The molecule has 0 spiro atoms. The third kappa shape index (κ3) is 2.02. The molecule has 4 nitrogen and oxygen atoms in total. The van der Waals surface area contributed by atoms with Gasteiger partial charge < -0.3 is 10.6 Å². The molecule has 1 aromatic heterocycles. The van der Waals surface area contributed by atoms with Crippen LogP contribution >= 0.6 is 0 Å². The van der Waals surface area contributed by atoms with Crippen LogP contribution in [0.5, 0.6) is 0 Å². The largest absolute Gasteiger partial charge is 0.337 e. The third-order valence-corrected chi connectivity index (χ3v) is 3.27. The molecule has 0 saturated heterocycles. The minimum Gasteiger partial charge on any atom is -0.337 e. The van der Waals surface area contributed by atoms with E-state index < -0.39 is 0 Å². The van der Waals surface area contributed by atoms with E-state index in [0.29, 0.717) is 18.5 Å². The van der Waals surface area contributed by atoms with Crippen molar-refractivity contribution >= 4 is 5.95 Å². The highest BCUT2D eigenvalue weighted by Gasteiger charge is 2.31. The highest BCUT2D eigenvalue weighted by Crippen LogP contribution is 2.39. The molecular formula is C12H18N4. The first-order valence-corrected chi connectivity index (χ1v) is 6.18. The number of rotatable bonds is 5. The molecule has 86 valence electrons. The molecule has 2 fully saturated rings. The van der Waals surface area contributed by atoms with Crippen LogP contribution in [0.2, 0.25) is 0 Å². The van der Waals surface area contributed by atoms with Gasteiger partial charge in [0.05, 0.1) is 0 Å². The summed E-state index contributed by atoms with van der Waals surface area (Å²) in [5.41, 5.74) is 6.86. The molecule has 0 unspecified atom stereocenters. The first-order chi connectivity index (χ1) is 7.88. The third-order valence-electron chi connectivity index (χ3n) is 3.27. The zero-order valence-electron chi connectivity index (χ0n) is 9.47. The van der Waals surface area contributed by atoms with Crippen molar-refractivity contribution in [1.82, 2.24) is 9.97 Å². The first-order valence-electron chi connectivity index (χ1n) is 6.18. The van der Waals surface area contributed by atoms with E-state index in [1.807, 2.05) is 6.20 Å². The highest BCUT2D eigenvalue weighted by atomic mass is 15.3. The van der Waals surface area contributed by atoms with Crippen molar-refractivity contribution in [2.75, 3.05) is 18.0 Å². The van der Waals surface area contributed by atoms with Crippen LogP contribution in [0.15, 0.2) is 12.3 Å². The van der Waals surface area contributed by atoms with Crippen molar-refractivity contribution in [2.24, 2.45) is 5.73 Å². The Balaban J connectivity index is 1.81. The van der Waals surface area contributed by atoms with Crippen LogP contribution in [0.1, 0.15) is 37.3 Å². The Morgan fingerprint density at radius 3 is 2.75 bits per heavy atom. The predicted molar refractivity (Wildman–Crippen MR) is 63.4 cm³/mol. The number of hydrogen-bond acceptors (Lipinski definition) is 4.